The predicted molar refractivity (Wildman–Crippen MR) is 101 cm³/mol. The Morgan fingerprint density at radius 2 is 1.92 bits per heavy atom. The van der Waals surface area contributed by atoms with Gasteiger partial charge in [0.25, 0.3) is 5.91 Å². The summed E-state index contributed by atoms with van der Waals surface area (Å²) in [5, 5.41) is 5.81. The molecular formula is C21H25N3O2. The zero-order valence-corrected chi connectivity index (χ0v) is 15.1. The van der Waals surface area contributed by atoms with E-state index in [0.717, 1.165) is 31.2 Å². The maximum Gasteiger partial charge on any atom is 0.271 e. The summed E-state index contributed by atoms with van der Waals surface area (Å²) in [6.45, 7) is 0.685. The zero-order chi connectivity index (χ0) is 18.4. The highest BCUT2D eigenvalue weighted by Gasteiger charge is 2.31. The molecule has 1 aliphatic heterocycles. The fourth-order valence-corrected chi connectivity index (χ4v) is 3.66. The standard InChI is InChI=1S/C21H25N3O2/c1-2-15-23(18-11-7-4-8-12-18)21(26)19-13-14-20(25)24(22-19)16-17-9-5-3-6-10-17/h1,3,5-6,9-10,18H,4,7-8,11-16H2. The van der Waals surface area contributed by atoms with Crippen LogP contribution in [0, 0.1) is 12.3 Å². The normalized spacial score (nSPS) is 18.2. The van der Waals surface area contributed by atoms with Gasteiger partial charge in [-0.1, -0.05) is 55.5 Å². The number of rotatable bonds is 5. The molecule has 0 saturated heterocycles. The molecule has 26 heavy (non-hydrogen) atoms. The number of nitrogens with zero attached hydrogens (tertiary/aromatic N) is 3. The fourth-order valence-electron chi connectivity index (χ4n) is 3.66. The predicted octanol–water partition coefficient (Wildman–Crippen LogP) is 2.96. The maximum absolute atomic E-state index is 13.1. The number of benzene rings is 1. The average molecular weight is 351 g/mol. The number of carbonyl (C=O) groups excluding carboxylic acids is 2. The van der Waals surface area contributed by atoms with Crippen LogP contribution in [-0.2, 0) is 16.1 Å². The van der Waals surface area contributed by atoms with Gasteiger partial charge in [0.15, 0.2) is 0 Å². The third-order valence-electron chi connectivity index (χ3n) is 5.06. The Morgan fingerprint density at radius 1 is 1.19 bits per heavy atom. The molecule has 1 fully saturated rings. The summed E-state index contributed by atoms with van der Waals surface area (Å²) in [6, 6.07) is 9.88. The molecule has 0 atom stereocenters. The summed E-state index contributed by atoms with van der Waals surface area (Å²) in [5.74, 6) is 2.45. The van der Waals surface area contributed by atoms with Gasteiger partial charge in [-0.15, -0.1) is 6.42 Å². The highest BCUT2D eigenvalue weighted by atomic mass is 16.2. The Kier molecular flexibility index (Phi) is 6.06. The minimum atomic E-state index is -0.111. The molecule has 1 aliphatic carbocycles. The molecule has 1 saturated carbocycles. The lowest BCUT2D eigenvalue weighted by molar-refractivity contribution is -0.132. The maximum atomic E-state index is 13.1. The molecule has 1 aromatic carbocycles. The van der Waals surface area contributed by atoms with Crippen molar-refractivity contribution in [3.63, 3.8) is 0 Å². The first-order chi connectivity index (χ1) is 12.7. The second kappa shape index (κ2) is 8.66. The molecular weight excluding hydrogens is 326 g/mol. The molecule has 2 amide bonds. The van der Waals surface area contributed by atoms with Crippen LogP contribution in [0.1, 0.15) is 50.5 Å². The minimum absolute atomic E-state index is 0.0495. The molecule has 0 aromatic heterocycles. The van der Waals surface area contributed by atoms with Crippen molar-refractivity contribution < 1.29 is 9.59 Å². The van der Waals surface area contributed by atoms with E-state index in [0.29, 0.717) is 31.6 Å². The van der Waals surface area contributed by atoms with Gasteiger partial charge >= 0.3 is 0 Å². The fraction of sp³-hybridized carbons (Fsp3) is 0.476. The SMILES string of the molecule is C#CCN(C(=O)C1=NN(Cc2ccccc2)C(=O)CC1)C1CCCCC1. The molecule has 0 unspecified atom stereocenters. The molecule has 0 bridgehead atoms. The van der Waals surface area contributed by atoms with Gasteiger partial charge in [0.05, 0.1) is 13.1 Å². The highest BCUT2D eigenvalue weighted by molar-refractivity contribution is 6.39. The third kappa shape index (κ3) is 4.32. The first-order valence-corrected chi connectivity index (χ1v) is 9.35. The van der Waals surface area contributed by atoms with Crippen LogP contribution in [0.4, 0.5) is 0 Å². The van der Waals surface area contributed by atoms with Crippen LogP contribution in [0.5, 0.6) is 0 Å². The van der Waals surface area contributed by atoms with Crippen molar-refractivity contribution in [2.45, 2.75) is 57.5 Å². The first kappa shape index (κ1) is 18.2. The number of amides is 2. The van der Waals surface area contributed by atoms with E-state index >= 15 is 0 Å². The quantitative estimate of drug-likeness (QED) is 0.766. The van der Waals surface area contributed by atoms with Crippen LogP contribution in [0.3, 0.4) is 0 Å². The Bertz CT molecular complexity index is 715. The Morgan fingerprint density at radius 3 is 2.62 bits per heavy atom. The van der Waals surface area contributed by atoms with Crippen molar-refractivity contribution in [2.75, 3.05) is 6.54 Å². The van der Waals surface area contributed by atoms with Crippen LogP contribution in [0.2, 0.25) is 0 Å². The molecule has 5 heteroatoms. The summed E-state index contributed by atoms with van der Waals surface area (Å²) < 4.78 is 0. The molecule has 1 aromatic rings. The van der Waals surface area contributed by atoms with Crippen LogP contribution < -0.4 is 0 Å². The monoisotopic (exact) mass is 351 g/mol. The van der Waals surface area contributed by atoms with E-state index < -0.39 is 0 Å². The lowest BCUT2D eigenvalue weighted by atomic mass is 9.93. The van der Waals surface area contributed by atoms with E-state index in [4.69, 9.17) is 6.42 Å². The first-order valence-electron chi connectivity index (χ1n) is 9.35. The Hall–Kier alpha value is -2.61. The van der Waals surface area contributed by atoms with E-state index in [9.17, 15) is 9.59 Å². The Labute approximate surface area is 155 Å². The topological polar surface area (TPSA) is 53.0 Å². The second-order valence-electron chi connectivity index (χ2n) is 6.91. The summed E-state index contributed by atoms with van der Waals surface area (Å²) >= 11 is 0. The number of hydrogen-bond acceptors (Lipinski definition) is 3. The summed E-state index contributed by atoms with van der Waals surface area (Å²) in [6.07, 6.45) is 11.7. The third-order valence-corrected chi connectivity index (χ3v) is 5.06. The van der Waals surface area contributed by atoms with Gasteiger partial charge < -0.3 is 4.90 Å². The highest BCUT2D eigenvalue weighted by Crippen LogP contribution is 2.24. The van der Waals surface area contributed by atoms with Crippen LogP contribution in [0.15, 0.2) is 35.4 Å². The van der Waals surface area contributed by atoms with Gasteiger partial charge in [0, 0.05) is 18.9 Å². The van der Waals surface area contributed by atoms with E-state index in [2.05, 4.69) is 11.0 Å². The molecule has 136 valence electrons. The molecule has 5 nitrogen and oxygen atoms in total. The second-order valence-corrected chi connectivity index (χ2v) is 6.91. The van der Waals surface area contributed by atoms with Gasteiger partial charge in [0.2, 0.25) is 5.91 Å². The van der Waals surface area contributed by atoms with Crippen molar-refractivity contribution in [3.8, 4) is 12.3 Å². The van der Waals surface area contributed by atoms with E-state index in [1.165, 1.54) is 11.4 Å². The molecule has 0 N–H and O–H groups in total. The van der Waals surface area contributed by atoms with Crippen molar-refractivity contribution >= 4 is 17.5 Å². The largest absolute Gasteiger partial charge is 0.323 e. The average Bonchev–Trinajstić information content (AvgIpc) is 2.69. The van der Waals surface area contributed by atoms with Gasteiger partial charge in [-0.25, -0.2) is 5.01 Å². The summed E-state index contributed by atoms with van der Waals surface area (Å²) in [7, 11) is 0. The summed E-state index contributed by atoms with van der Waals surface area (Å²) in [5.41, 5.74) is 1.44. The van der Waals surface area contributed by atoms with E-state index in [1.807, 2.05) is 30.3 Å². The Balaban J connectivity index is 1.76. The van der Waals surface area contributed by atoms with Crippen LogP contribution in [0.25, 0.3) is 0 Å². The molecule has 0 radical (unpaired) electrons. The number of hydrazone groups is 1. The number of hydrogen-bond donors (Lipinski definition) is 0. The molecule has 2 aliphatic rings. The van der Waals surface area contributed by atoms with E-state index in [1.54, 1.807) is 4.90 Å². The van der Waals surface area contributed by atoms with Crippen molar-refractivity contribution in [1.82, 2.24) is 9.91 Å². The zero-order valence-electron chi connectivity index (χ0n) is 15.1. The van der Waals surface area contributed by atoms with Crippen molar-refractivity contribution in [3.05, 3.63) is 35.9 Å². The van der Waals surface area contributed by atoms with Gasteiger partial charge in [-0.05, 0) is 18.4 Å². The van der Waals surface area contributed by atoms with Crippen LogP contribution in [-0.4, -0.2) is 40.0 Å². The number of terminal acetylenes is 1. The lowest BCUT2D eigenvalue weighted by Crippen LogP contribution is -2.47. The van der Waals surface area contributed by atoms with Gasteiger partial charge in [0.1, 0.15) is 5.71 Å². The smallest absolute Gasteiger partial charge is 0.271 e. The summed E-state index contributed by atoms with van der Waals surface area (Å²) in [4.78, 5) is 27.1. The van der Waals surface area contributed by atoms with Gasteiger partial charge in [-0.3, -0.25) is 9.59 Å². The minimum Gasteiger partial charge on any atom is -0.323 e. The van der Waals surface area contributed by atoms with Crippen molar-refractivity contribution in [1.29, 1.82) is 0 Å². The molecule has 3 rings (SSSR count). The van der Waals surface area contributed by atoms with E-state index in [-0.39, 0.29) is 17.9 Å². The van der Waals surface area contributed by atoms with Gasteiger partial charge in [-0.2, -0.15) is 5.10 Å². The molecule has 0 spiro atoms. The van der Waals surface area contributed by atoms with Crippen molar-refractivity contribution in [2.24, 2.45) is 5.10 Å². The molecule has 1 heterocycles. The van der Waals surface area contributed by atoms with Crippen LogP contribution >= 0.6 is 0 Å². The number of carbonyl (C=O) groups is 2. The lowest BCUT2D eigenvalue weighted by Gasteiger charge is -2.34.